The topological polar surface area (TPSA) is 48.3 Å². The molecule has 110 valence electrons. The number of ether oxygens (including phenoxy) is 1. The van der Waals surface area contributed by atoms with Crippen molar-refractivity contribution in [3.05, 3.63) is 30.5 Å². The number of benzene rings is 1. The third-order valence-corrected chi connectivity index (χ3v) is 5.58. The molecule has 0 fully saturated rings. The summed E-state index contributed by atoms with van der Waals surface area (Å²) < 4.78 is 31.2. The molecule has 1 aromatic heterocycles. The van der Waals surface area contributed by atoms with Gasteiger partial charge in [0.2, 0.25) is 0 Å². The first kappa shape index (κ1) is 14.9. The van der Waals surface area contributed by atoms with E-state index in [1.54, 1.807) is 13.8 Å². The molecule has 0 amide bonds. The first-order valence-corrected chi connectivity index (χ1v) is 8.59. The van der Waals surface area contributed by atoms with Crippen LogP contribution in [0.4, 0.5) is 0 Å². The first-order valence-electron chi connectivity index (χ1n) is 6.87. The highest BCUT2D eigenvalue weighted by atomic mass is 32.2. The molecule has 0 radical (unpaired) electrons. The standard InChI is InChI=1S/C15H21NO3S/c1-4-19-14-5-6-15-13(11-14)7-8-16(15)9-10-20(17,18)12(2)3/h5-8,11-12H,4,9-10H2,1-3H3. The van der Waals surface area contributed by atoms with Crippen molar-refractivity contribution in [3.8, 4) is 5.75 Å². The second-order valence-corrected chi connectivity index (χ2v) is 7.76. The Balaban J connectivity index is 2.20. The molecule has 1 heterocycles. The van der Waals surface area contributed by atoms with Crippen molar-refractivity contribution in [1.29, 1.82) is 0 Å². The molecule has 0 N–H and O–H groups in total. The van der Waals surface area contributed by atoms with E-state index >= 15 is 0 Å². The molecule has 0 unspecified atom stereocenters. The van der Waals surface area contributed by atoms with Gasteiger partial charge in [0.25, 0.3) is 0 Å². The third kappa shape index (κ3) is 3.15. The van der Waals surface area contributed by atoms with Gasteiger partial charge >= 0.3 is 0 Å². The van der Waals surface area contributed by atoms with Crippen LogP contribution in [0.15, 0.2) is 30.5 Å². The lowest BCUT2D eigenvalue weighted by molar-refractivity contribution is 0.340. The minimum absolute atomic E-state index is 0.168. The zero-order valence-electron chi connectivity index (χ0n) is 12.2. The molecule has 0 atom stereocenters. The number of hydrogen-bond donors (Lipinski definition) is 0. The highest BCUT2D eigenvalue weighted by Gasteiger charge is 2.16. The van der Waals surface area contributed by atoms with Gasteiger partial charge in [0.1, 0.15) is 5.75 Å². The van der Waals surface area contributed by atoms with Crippen LogP contribution in [0.25, 0.3) is 10.9 Å². The van der Waals surface area contributed by atoms with Crippen molar-refractivity contribution in [2.45, 2.75) is 32.6 Å². The molecular formula is C15H21NO3S. The van der Waals surface area contributed by atoms with Crippen LogP contribution in [-0.4, -0.2) is 30.6 Å². The minimum atomic E-state index is -3.01. The van der Waals surface area contributed by atoms with Crippen LogP contribution in [0, 0.1) is 0 Å². The Morgan fingerprint density at radius 1 is 1.25 bits per heavy atom. The number of rotatable bonds is 6. The van der Waals surface area contributed by atoms with Gasteiger partial charge in [0.15, 0.2) is 9.84 Å². The summed E-state index contributed by atoms with van der Waals surface area (Å²) in [7, 11) is -3.01. The number of fused-ring (bicyclic) bond motifs is 1. The number of nitrogens with zero attached hydrogens (tertiary/aromatic N) is 1. The van der Waals surface area contributed by atoms with Crippen LogP contribution in [0.2, 0.25) is 0 Å². The minimum Gasteiger partial charge on any atom is -0.494 e. The lowest BCUT2D eigenvalue weighted by Gasteiger charge is -2.10. The summed E-state index contributed by atoms with van der Waals surface area (Å²) in [6.07, 6.45) is 1.93. The maximum absolute atomic E-state index is 11.9. The quantitative estimate of drug-likeness (QED) is 0.823. The van der Waals surface area contributed by atoms with E-state index in [4.69, 9.17) is 4.74 Å². The largest absolute Gasteiger partial charge is 0.494 e. The Morgan fingerprint density at radius 3 is 2.65 bits per heavy atom. The van der Waals surface area contributed by atoms with Crippen molar-refractivity contribution in [2.75, 3.05) is 12.4 Å². The van der Waals surface area contributed by atoms with E-state index in [0.29, 0.717) is 13.2 Å². The summed E-state index contributed by atoms with van der Waals surface area (Å²) in [6.45, 7) is 6.51. The van der Waals surface area contributed by atoms with Gasteiger partial charge in [-0.05, 0) is 45.0 Å². The molecule has 2 aromatic rings. The molecule has 4 nitrogen and oxygen atoms in total. The highest BCUT2D eigenvalue weighted by Crippen LogP contribution is 2.22. The summed E-state index contributed by atoms with van der Waals surface area (Å²) in [5.74, 6) is 1.01. The molecule has 0 saturated heterocycles. The van der Waals surface area contributed by atoms with Crippen LogP contribution >= 0.6 is 0 Å². The Bertz CT molecular complexity index is 686. The van der Waals surface area contributed by atoms with Crippen LogP contribution < -0.4 is 4.74 Å². The van der Waals surface area contributed by atoms with E-state index in [9.17, 15) is 8.42 Å². The lowest BCUT2D eigenvalue weighted by atomic mass is 10.2. The summed E-state index contributed by atoms with van der Waals surface area (Å²) in [4.78, 5) is 0. The average Bonchev–Trinajstić information content (AvgIpc) is 2.79. The fraction of sp³-hybridized carbons (Fsp3) is 0.467. The second kappa shape index (κ2) is 5.87. The van der Waals surface area contributed by atoms with Gasteiger partial charge in [-0.15, -0.1) is 0 Å². The molecule has 20 heavy (non-hydrogen) atoms. The predicted molar refractivity (Wildman–Crippen MR) is 82.0 cm³/mol. The summed E-state index contributed by atoms with van der Waals surface area (Å²) in [5.41, 5.74) is 1.03. The van der Waals surface area contributed by atoms with Crippen molar-refractivity contribution in [3.63, 3.8) is 0 Å². The number of aryl methyl sites for hydroxylation is 1. The fourth-order valence-corrected chi connectivity index (χ4v) is 3.01. The zero-order chi connectivity index (χ0) is 14.8. The third-order valence-electron chi connectivity index (χ3n) is 3.39. The van der Waals surface area contributed by atoms with E-state index in [-0.39, 0.29) is 11.0 Å². The highest BCUT2D eigenvalue weighted by molar-refractivity contribution is 7.91. The van der Waals surface area contributed by atoms with Gasteiger partial charge in [0.05, 0.1) is 17.6 Å². The predicted octanol–water partition coefficient (Wildman–Crippen LogP) is 2.86. The van der Waals surface area contributed by atoms with E-state index < -0.39 is 9.84 Å². The molecule has 0 aliphatic rings. The van der Waals surface area contributed by atoms with Gasteiger partial charge in [-0.25, -0.2) is 8.42 Å². The SMILES string of the molecule is CCOc1ccc2c(ccn2CCS(=O)(=O)C(C)C)c1. The Labute approximate surface area is 120 Å². The van der Waals surface area contributed by atoms with E-state index in [0.717, 1.165) is 16.7 Å². The maximum atomic E-state index is 11.9. The Hall–Kier alpha value is -1.49. The second-order valence-electron chi connectivity index (χ2n) is 5.08. The van der Waals surface area contributed by atoms with Gasteiger partial charge < -0.3 is 9.30 Å². The van der Waals surface area contributed by atoms with E-state index in [1.807, 2.05) is 42.0 Å². The number of aromatic nitrogens is 1. The Kier molecular flexibility index (Phi) is 4.38. The molecule has 0 saturated carbocycles. The van der Waals surface area contributed by atoms with Gasteiger partial charge in [0, 0.05) is 23.6 Å². The monoisotopic (exact) mass is 295 g/mol. The maximum Gasteiger partial charge on any atom is 0.154 e. The van der Waals surface area contributed by atoms with Crippen molar-refractivity contribution in [2.24, 2.45) is 0 Å². The smallest absolute Gasteiger partial charge is 0.154 e. The van der Waals surface area contributed by atoms with Crippen LogP contribution in [0.3, 0.4) is 0 Å². The summed E-state index contributed by atoms with van der Waals surface area (Å²) >= 11 is 0. The van der Waals surface area contributed by atoms with Crippen molar-refractivity contribution < 1.29 is 13.2 Å². The van der Waals surface area contributed by atoms with Crippen molar-refractivity contribution in [1.82, 2.24) is 4.57 Å². The van der Waals surface area contributed by atoms with Crippen LogP contribution in [0.1, 0.15) is 20.8 Å². The molecule has 1 aromatic carbocycles. The lowest BCUT2D eigenvalue weighted by Crippen LogP contribution is -2.20. The summed E-state index contributed by atoms with van der Waals surface area (Å²) in [5, 5.41) is 0.742. The summed E-state index contributed by atoms with van der Waals surface area (Å²) in [6, 6.07) is 7.85. The zero-order valence-corrected chi connectivity index (χ0v) is 13.0. The molecule has 0 aliphatic heterocycles. The molecule has 0 spiro atoms. The normalized spacial score (nSPS) is 12.2. The number of sulfone groups is 1. The van der Waals surface area contributed by atoms with Gasteiger partial charge in [-0.2, -0.15) is 0 Å². The number of hydrogen-bond acceptors (Lipinski definition) is 3. The molecule has 0 bridgehead atoms. The van der Waals surface area contributed by atoms with Crippen molar-refractivity contribution >= 4 is 20.7 Å². The first-order chi connectivity index (χ1) is 9.44. The molecule has 5 heteroatoms. The van der Waals surface area contributed by atoms with Gasteiger partial charge in [-0.3, -0.25) is 0 Å². The average molecular weight is 295 g/mol. The fourth-order valence-electron chi connectivity index (χ4n) is 2.09. The molecule has 0 aliphatic carbocycles. The Morgan fingerprint density at radius 2 is 2.00 bits per heavy atom. The van der Waals surface area contributed by atoms with Gasteiger partial charge in [-0.1, -0.05) is 0 Å². The molecular weight excluding hydrogens is 274 g/mol. The molecule has 2 rings (SSSR count). The van der Waals surface area contributed by atoms with E-state index in [1.165, 1.54) is 0 Å². The van der Waals surface area contributed by atoms with Crippen LogP contribution in [-0.2, 0) is 16.4 Å². The van der Waals surface area contributed by atoms with Crippen LogP contribution in [0.5, 0.6) is 5.75 Å². The van der Waals surface area contributed by atoms with E-state index in [2.05, 4.69) is 0 Å².